The number of sulfonamides is 1. The highest BCUT2D eigenvalue weighted by atomic mass is 35.5. The van der Waals surface area contributed by atoms with Gasteiger partial charge in [-0.3, -0.25) is 24.3 Å². The number of halogens is 2. The molecule has 11 nitrogen and oxygen atoms in total. The number of rotatable bonds is 8. The SMILES string of the molecule is Cc1c(NS(=O)(=O)c2cc(C(=O)OCc3cccc([N+](=O)[O-])c3)c(Cl)cc2Cl)c(=O)n(-c2ccccc2)n1C. The Balaban J connectivity index is 1.64. The van der Waals surface area contributed by atoms with E-state index >= 15 is 0 Å². The summed E-state index contributed by atoms with van der Waals surface area (Å²) in [6, 6.07) is 16.1. The van der Waals surface area contributed by atoms with Gasteiger partial charge in [-0.2, -0.15) is 0 Å². The van der Waals surface area contributed by atoms with Crippen molar-refractivity contribution in [2.75, 3.05) is 4.72 Å². The minimum Gasteiger partial charge on any atom is -0.457 e. The summed E-state index contributed by atoms with van der Waals surface area (Å²) >= 11 is 12.3. The number of nitrogens with one attached hydrogen (secondary N) is 1. The average molecular weight is 591 g/mol. The van der Waals surface area contributed by atoms with Crippen LogP contribution in [0, 0.1) is 17.0 Å². The number of hydrogen-bond donors (Lipinski definition) is 1. The Morgan fingerprint density at radius 3 is 2.41 bits per heavy atom. The minimum atomic E-state index is -4.48. The van der Waals surface area contributed by atoms with Crippen LogP contribution >= 0.6 is 23.2 Å². The zero-order chi connectivity index (χ0) is 28.5. The van der Waals surface area contributed by atoms with Crippen LogP contribution in [0.25, 0.3) is 5.69 Å². The maximum absolute atomic E-state index is 13.3. The van der Waals surface area contributed by atoms with E-state index in [1.54, 1.807) is 44.3 Å². The predicted molar refractivity (Wildman–Crippen MR) is 145 cm³/mol. The summed E-state index contributed by atoms with van der Waals surface area (Å²) in [5.41, 5.74) is -0.126. The molecule has 39 heavy (non-hydrogen) atoms. The number of nitro groups is 1. The molecule has 0 radical (unpaired) electrons. The van der Waals surface area contributed by atoms with E-state index in [0.29, 0.717) is 16.9 Å². The number of benzene rings is 3. The molecule has 1 aromatic heterocycles. The van der Waals surface area contributed by atoms with Gasteiger partial charge < -0.3 is 4.74 Å². The molecular weight excluding hydrogens is 571 g/mol. The molecule has 1 heterocycles. The highest BCUT2D eigenvalue weighted by Gasteiger charge is 2.27. The number of para-hydroxylation sites is 1. The van der Waals surface area contributed by atoms with Crippen LogP contribution < -0.4 is 10.3 Å². The Labute approximate surface area is 232 Å². The second kappa shape index (κ2) is 10.9. The third-order valence-electron chi connectivity index (χ3n) is 5.81. The van der Waals surface area contributed by atoms with Crippen molar-refractivity contribution in [2.45, 2.75) is 18.4 Å². The van der Waals surface area contributed by atoms with Crippen molar-refractivity contribution >= 4 is 50.6 Å². The molecule has 0 bridgehead atoms. The zero-order valence-electron chi connectivity index (χ0n) is 20.4. The van der Waals surface area contributed by atoms with Crippen LogP contribution in [0.15, 0.2) is 76.4 Å². The Morgan fingerprint density at radius 1 is 1.05 bits per heavy atom. The van der Waals surface area contributed by atoms with E-state index in [9.17, 15) is 28.1 Å². The van der Waals surface area contributed by atoms with Crippen LogP contribution in [0.5, 0.6) is 0 Å². The molecule has 4 aromatic rings. The average Bonchev–Trinajstić information content (AvgIpc) is 3.10. The summed E-state index contributed by atoms with van der Waals surface area (Å²) in [6.45, 7) is 1.24. The molecule has 14 heteroatoms. The minimum absolute atomic E-state index is 0.176. The van der Waals surface area contributed by atoms with Crippen LogP contribution in [-0.4, -0.2) is 28.7 Å². The largest absolute Gasteiger partial charge is 0.457 e. The van der Waals surface area contributed by atoms with Gasteiger partial charge in [0.15, 0.2) is 0 Å². The van der Waals surface area contributed by atoms with Gasteiger partial charge in [0.1, 0.15) is 17.2 Å². The first kappa shape index (κ1) is 27.9. The van der Waals surface area contributed by atoms with Crippen LogP contribution in [0.3, 0.4) is 0 Å². The fraction of sp³-hybridized carbons (Fsp3) is 0.120. The maximum Gasteiger partial charge on any atom is 0.340 e. The standard InChI is InChI=1S/C25H20Cl2N4O7S/c1-15-23(24(32)30(29(15)2)17-8-4-3-5-9-17)28-39(36,37)22-12-19(20(26)13-21(22)27)25(33)38-14-16-7-6-10-18(11-16)31(34)35/h3-13,28H,14H2,1-2H3. The first-order chi connectivity index (χ1) is 18.4. The Kier molecular flexibility index (Phi) is 7.82. The van der Waals surface area contributed by atoms with E-state index in [1.807, 2.05) is 0 Å². The molecule has 0 saturated carbocycles. The molecule has 1 N–H and O–H groups in total. The van der Waals surface area contributed by atoms with Gasteiger partial charge >= 0.3 is 5.97 Å². The molecule has 0 fully saturated rings. The summed E-state index contributed by atoms with van der Waals surface area (Å²) in [7, 11) is -2.88. The Morgan fingerprint density at radius 2 is 1.74 bits per heavy atom. The number of ether oxygens (including phenoxy) is 1. The van der Waals surface area contributed by atoms with Gasteiger partial charge in [-0.25, -0.2) is 17.9 Å². The highest BCUT2D eigenvalue weighted by Crippen LogP contribution is 2.31. The van der Waals surface area contributed by atoms with Crippen LogP contribution in [0.4, 0.5) is 11.4 Å². The van der Waals surface area contributed by atoms with Gasteiger partial charge in [0.2, 0.25) is 0 Å². The summed E-state index contributed by atoms with van der Waals surface area (Å²) in [5.74, 6) is -0.984. The lowest BCUT2D eigenvalue weighted by Crippen LogP contribution is -2.23. The van der Waals surface area contributed by atoms with Gasteiger partial charge in [0, 0.05) is 19.2 Å². The van der Waals surface area contributed by atoms with E-state index in [2.05, 4.69) is 4.72 Å². The fourth-order valence-electron chi connectivity index (χ4n) is 3.75. The molecule has 0 atom stereocenters. The third-order valence-corrected chi connectivity index (χ3v) is 7.94. The molecule has 0 aliphatic heterocycles. The van der Waals surface area contributed by atoms with E-state index < -0.39 is 31.4 Å². The molecule has 0 aliphatic rings. The van der Waals surface area contributed by atoms with Crippen molar-refractivity contribution in [2.24, 2.45) is 7.05 Å². The molecule has 3 aromatic carbocycles. The number of hydrogen-bond acceptors (Lipinski definition) is 7. The Bertz CT molecular complexity index is 1770. The number of nitro benzene ring substituents is 1. The number of carbonyl (C=O) groups excluding carboxylic acids is 1. The van der Waals surface area contributed by atoms with Crippen molar-refractivity contribution in [1.82, 2.24) is 9.36 Å². The van der Waals surface area contributed by atoms with Crippen LogP contribution in [0.2, 0.25) is 10.0 Å². The smallest absolute Gasteiger partial charge is 0.340 e. The quantitative estimate of drug-likeness (QED) is 0.175. The number of anilines is 1. The predicted octanol–water partition coefficient (Wildman–Crippen LogP) is 4.86. The van der Waals surface area contributed by atoms with Crippen molar-refractivity contribution in [3.8, 4) is 5.69 Å². The molecule has 4 rings (SSSR count). The van der Waals surface area contributed by atoms with Gasteiger partial charge in [0.05, 0.1) is 31.9 Å². The molecule has 0 spiro atoms. The molecule has 0 unspecified atom stereocenters. The van der Waals surface area contributed by atoms with Gasteiger partial charge in [-0.15, -0.1) is 0 Å². The zero-order valence-corrected chi connectivity index (χ0v) is 22.7. The normalized spacial score (nSPS) is 11.3. The van der Waals surface area contributed by atoms with Crippen molar-refractivity contribution < 1.29 is 22.9 Å². The molecular formula is C25H20Cl2N4O7S. The first-order valence-electron chi connectivity index (χ1n) is 11.2. The van der Waals surface area contributed by atoms with E-state index in [1.165, 1.54) is 33.6 Å². The van der Waals surface area contributed by atoms with E-state index in [0.717, 1.165) is 12.1 Å². The number of nitrogens with zero attached hydrogens (tertiary/aromatic N) is 3. The van der Waals surface area contributed by atoms with Crippen molar-refractivity contribution in [1.29, 1.82) is 0 Å². The number of esters is 1. The first-order valence-corrected chi connectivity index (χ1v) is 13.4. The summed E-state index contributed by atoms with van der Waals surface area (Å²) in [6.07, 6.45) is 0. The lowest BCUT2D eigenvalue weighted by atomic mass is 10.2. The van der Waals surface area contributed by atoms with Gasteiger partial charge in [-0.05, 0) is 36.8 Å². The lowest BCUT2D eigenvalue weighted by Gasteiger charge is -2.12. The summed E-state index contributed by atoms with van der Waals surface area (Å²) in [5, 5.41) is 10.5. The van der Waals surface area contributed by atoms with Crippen LogP contribution in [0.1, 0.15) is 21.6 Å². The van der Waals surface area contributed by atoms with Crippen molar-refractivity contribution in [3.63, 3.8) is 0 Å². The molecule has 0 saturated heterocycles. The number of non-ortho nitro benzene ring substituents is 1. The van der Waals surface area contributed by atoms with Crippen molar-refractivity contribution in [3.05, 3.63) is 114 Å². The monoisotopic (exact) mass is 590 g/mol. The van der Waals surface area contributed by atoms with Gasteiger partial charge in [-0.1, -0.05) is 53.5 Å². The Hall–Kier alpha value is -4.13. The number of carbonyl (C=O) groups is 1. The molecule has 202 valence electrons. The summed E-state index contributed by atoms with van der Waals surface area (Å²) < 4.78 is 37.0. The van der Waals surface area contributed by atoms with E-state index in [-0.39, 0.29) is 33.6 Å². The van der Waals surface area contributed by atoms with Crippen LogP contribution in [-0.2, 0) is 28.4 Å². The highest BCUT2D eigenvalue weighted by molar-refractivity contribution is 7.92. The second-order valence-corrected chi connectivity index (χ2v) is 10.8. The third kappa shape index (κ3) is 5.67. The topological polar surface area (TPSA) is 143 Å². The molecule has 0 amide bonds. The second-order valence-electron chi connectivity index (χ2n) is 8.31. The fourth-order valence-corrected chi connectivity index (χ4v) is 5.72. The lowest BCUT2D eigenvalue weighted by molar-refractivity contribution is -0.384. The number of aromatic nitrogens is 2. The van der Waals surface area contributed by atoms with E-state index in [4.69, 9.17) is 27.9 Å². The van der Waals surface area contributed by atoms with Gasteiger partial charge in [0.25, 0.3) is 21.3 Å². The molecule has 0 aliphatic carbocycles. The maximum atomic E-state index is 13.3. The summed E-state index contributed by atoms with van der Waals surface area (Å²) in [4.78, 5) is 35.8.